The Hall–Kier alpha value is -3.37. The van der Waals surface area contributed by atoms with E-state index in [1.807, 2.05) is 42.1 Å². The first-order valence-electron chi connectivity index (χ1n) is 11.6. The van der Waals surface area contributed by atoms with E-state index in [4.69, 9.17) is 4.74 Å². The third-order valence-corrected chi connectivity index (χ3v) is 6.73. The SMILES string of the molecule is COc1ccc2nccc(C(F)CCC3CCN(CC#Cc4cccn4C)CC3C(=O)O)c2c1. The number of piperidine rings is 1. The van der Waals surface area contributed by atoms with Gasteiger partial charge in [0.15, 0.2) is 0 Å². The van der Waals surface area contributed by atoms with Crippen molar-refractivity contribution in [2.75, 3.05) is 26.7 Å². The van der Waals surface area contributed by atoms with Gasteiger partial charge in [0, 0.05) is 31.4 Å². The molecule has 3 unspecified atom stereocenters. The average Bonchev–Trinajstić information content (AvgIpc) is 3.26. The van der Waals surface area contributed by atoms with Crippen molar-refractivity contribution in [3.8, 4) is 17.6 Å². The second-order valence-electron chi connectivity index (χ2n) is 8.86. The number of carbonyl (C=O) groups is 1. The summed E-state index contributed by atoms with van der Waals surface area (Å²) in [6, 6.07) is 11.0. The Morgan fingerprint density at radius 2 is 2.21 bits per heavy atom. The molecule has 4 rings (SSSR count). The molecule has 1 aromatic carbocycles. The molecule has 0 amide bonds. The van der Waals surface area contributed by atoms with Crippen molar-refractivity contribution in [2.45, 2.75) is 25.4 Å². The molecule has 1 N–H and O–H groups in total. The summed E-state index contributed by atoms with van der Waals surface area (Å²) in [6.45, 7) is 1.73. The van der Waals surface area contributed by atoms with Crippen LogP contribution in [0, 0.1) is 23.7 Å². The number of likely N-dealkylation sites (tertiary alicyclic amines) is 1. The number of pyridine rings is 1. The van der Waals surface area contributed by atoms with Crippen LogP contribution >= 0.6 is 0 Å². The van der Waals surface area contributed by atoms with Gasteiger partial charge in [-0.05, 0) is 79.6 Å². The van der Waals surface area contributed by atoms with Crippen molar-refractivity contribution in [1.82, 2.24) is 14.5 Å². The number of ether oxygens (including phenoxy) is 1. The molecular formula is C27H30FN3O3. The topological polar surface area (TPSA) is 67.6 Å². The first-order valence-corrected chi connectivity index (χ1v) is 11.6. The van der Waals surface area contributed by atoms with Gasteiger partial charge < -0.3 is 14.4 Å². The number of alkyl halides is 1. The number of aryl methyl sites for hydroxylation is 1. The van der Waals surface area contributed by atoms with E-state index in [1.165, 1.54) is 0 Å². The number of methoxy groups -OCH3 is 1. The second kappa shape index (κ2) is 10.7. The summed E-state index contributed by atoms with van der Waals surface area (Å²) in [7, 11) is 3.52. The minimum Gasteiger partial charge on any atom is -0.497 e. The average molecular weight is 464 g/mol. The largest absolute Gasteiger partial charge is 0.497 e. The zero-order valence-corrected chi connectivity index (χ0v) is 19.6. The lowest BCUT2D eigenvalue weighted by Gasteiger charge is -2.35. The van der Waals surface area contributed by atoms with Crippen LogP contribution < -0.4 is 4.74 Å². The molecule has 0 bridgehead atoms. The van der Waals surface area contributed by atoms with Gasteiger partial charge in [-0.1, -0.05) is 5.92 Å². The summed E-state index contributed by atoms with van der Waals surface area (Å²) in [5.41, 5.74) is 2.22. The van der Waals surface area contributed by atoms with Crippen LogP contribution in [0.2, 0.25) is 0 Å². The molecule has 2 aromatic heterocycles. The van der Waals surface area contributed by atoms with E-state index in [1.54, 1.807) is 25.4 Å². The number of carboxylic acids is 1. The normalized spacial score (nSPS) is 19.4. The van der Waals surface area contributed by atoms with Gasteiger partial charge in [0.2, 0.25) is 0 Å². The molecule has 0 spiro atoms. The molecule has 1 aliphatic heterocycles. The summed E-state index contributed by atoms with van der Waals surface area (Å²) >= 11 is 0. The van der Waals surface area contributed by atoms with Crippen LogP contribution in [0.15, 0.2) is 48.8 Å². The molecule has 3 heterocycles. The number of fused-ring (bicyclic) bond motifs is 1. The number of halogens is 1. The quantitative estimate of drug-likeness (QED) is 0.525. The van der Waals surface area contributed by atoms with Crippen LogP contribution in [0.4, 0.5) is 4.39 Å². The molecule has 3 atom stereocenters. The fourth-order valence-corrected chi connectivity index (χ4v) is 4.73. The Morgan fingerprint density at radius 1 is 1.35 bits per heavy atom. The lowest BCUT2D eigenvalue weighted by atomic mass is 9.81. The minimum atomic E-state index is -1.19. The second-order valence-corrected chi connectivity index (χ2v) is 8.86. The van der Waals surface area contributed by atoms with E-state index in [0.29, 0.717) is 36.3 Å². The summed E-state index contributed by atoms with van der Waals surface area (Å²) in [5, 5.41) is 10.6. The smallest absolute Gasteiger partial charge is 0.308 e. The molecule has 0 aliphatic carbocycles. The van der Waals surface area contributed by atoms with Gasteiger partial charge in [-0.25, -0.2) is 4.39 Å². The van der Waals surface area contributed by atoms with Gasteiger partial charge in [0.05, 0.1) is 30.8 Å². The van der Waals surface area contributed by atoms with E-state index in [0.717, 1.165) is 24.0 Å². The molecular weight excluding hydrogens is 433 g/mol. The number of aliphatic carboxylic acids is 1. The van der Waals surface area contributed by atoms with Crippen molar-refractivity contribution in [3.63, 3.8) is 0 Å². The minimum absolute atomic E-state index is 0.0597. The highest BCUT2D eigenvalue weighted by molar-refractivity contribution is 5.83. The van der Waals surface area contributed by atoms with Crippen LogP contribution in [0.3, 0.4) is 0 Å². The zero-order valence-electron chi connectivity index (χ0n) is 19.6. The number of hydrogen-bond acceptors (Lipinski definition) is 4. The number of benzene rings is 1. The van der Waals surface area contributed by atoms with Crippen molar-refractivity contribution in [2.24, 2.45) is 18.9 Å². The summed E-state index contributed by atoms with van der Waals surface area (Å²) in [5.74, 6) is 5.55. The Labute approximate surface area is 199 Å². The van der Waals surface area contributed by atoms with Crippen LogP contribution in [0.1, 0.15) is 36.7 Å². The predicted octanol–water partition coefficient (Wildman–Crippen LogP) is 4.45. The first kappa shape index (κ1) is 23.8. The van der Waals surface area contributed by atoms with E-state index in [2.05, 4.69) is 21.7 Å². The maximum Gasteiger partial charge on any atom is 0.308 e. The van der Waals surface area contributed by atoms with Gasteiger partial charge in [0.25, 0.3) is 0 Å². The van der Waals surface area contributed by atoms with Crippen molar-refractivity contribution in [1.29, 1.82) is 0 Å². The Bertz CT molecular complexity index is 1210. The third-order valence-electron chi connectivity index (χ3n) is 6.73. The van der Waals surface area contributed by atoms with Crippen LogP contribution in [0.25, 0.3) is 10.9 Å². The fraction of sp³-hybridized carbons (Fsp3) is 0.407. The molecule has 178 valence electrons. The van der Waals surface area contributed by atoms with Crippen molar-refractivity contribution < 1.29 is 19.0 Å². The van der Waals surface area contributed by atoms with Crippen molar-refractivity contribution in [3.05, 3.63) is 60.0 Å². The van der Waals surface area contributed by atoms with Gasteiger partial charge >= 0.3 is 5.97 Å². The summed E-state index contributed by atoms with van der Waals surface area (Å²) in [6.07, 6.45) is 3.89. The number of aromatic nitrogens is 2. The highest BCUT2D eigenvalue weighted by Gasteiger charge is 2.34. The highest BCUT2D eigenvalue weighted by Crippen LogP contribution is 2.35. The molecule has 1 fully saturated rings. The number of nitrogens with zero attached hydrogens (tertiary/aromatic N) is 3. The van der Waals surface area contributed by atoms with Gasteiger partial charge in [-0.15, -0.1) is 0 Å². The third kappa shape index (κ3) is 5.40. The molecule has 7 heteroatoms. The summed E-state index contributed by atoms with van der Waals surface area (Å²) in [4.78, 5) is 18.4. The highest BCUT2D eigenvalue weighted by atomic mass is 19.1. The van der Waals surface area contributed by atoms with Gasteiger partial charge in [-0.2, -0.15) is 0 Å². The maximum absolute atomic E-state index is 15.3. The molecule has 3 aromatic rings. The first-order chi connectivity index (χ1) is 16.5. The fourth-order valence-electron chi connectivity index (χ4n) is 4.73. The molecule has 1 aliphatic rings. The standard InChI is InChI=1S/C27H30FN3O3/c1-30-14-3-5-20(30)6-4-15-31-16-12-19(24(18-31)27(32)33)7-9-25(28)22-11-13-29-26-10-8-21(34-2)17-23(22)26/h3,5,8,10-11,13-14,17,19,24-25H,7,9,12,15-16,18H2,1-2H3,(H,32,33). The number of carboxylic acid groups (broad SMARTS) is 1. The zero-order chi connectivity index (χ0) is 24.1. The lowest BCUT2D eigenvalue weighted by molar-refractivity contribution is -0.146. The van der Waals surface area contributed by atoms with Crippen LogP contribution in [0.5, 0.6) is 5.75 Å². The molecule has 6 nitrogen and oxygen atoms in total. The van der Waals surface area contributed by atoms with E-state index < -0.39 is 18.1 Å². The van der Waals surface area contributed by atoms with Gasteiger partial charge in [0.1, 0.15) is 11.9 Å². The Balaban J connectivity index is 1.38. The maximum atomic E-state index is 15.3. The number of hydrogen-bond donors (Lipinski definition) is 1. The molecule has 0 radical (unpaired) electrons. The molecule has 0 saturated carbocycles. The number of rotatable bonds is 7. The molecule has 1 saturated heterocycles. The monoisotopic (exact) mass is 463 g/mol. The van der Waals surface area contributed by atoms with E-state index in [9.17, 15) is 9.90 Å². The lowest BCUT2D eigenvalue weighted by Crippen LogP contribution is -2.44. The van der Waals surface area contributed by atoms with Crippen molar-refractivity contribution >= 4 is 16.9 Å². The molecule has 34 heavy (non-hydrogen) atoms. The Morgan fingerprint density at radius 3 is 2.94 bits per heavy atom. The summed E-state index contributed by atoms with van der Waals surface area (Å²) < 4.78 is 22.6. The predicted molar refractivity (Wildman–Crippen MR) is 129 cm³/mol. The Kier molecular flexibility index (Phi) is 7.49. The van der Waals surface area contributed by atoms with E-state index >= 15 is 4.39 Å². The van der Waals surface area contributed by atoms with Crippen LogP contribution in [-0.2, 0) is 11.8 Å². The van der Waals surface area contributed by atoms with E-state index in [-0.39, 0.29) is 12.3 Å². The van der Waals surface area contributed by atoms with Crippen LogP contribution in [-0.4, -0.2) is 52.3 Å². The van der Waals surface area contributed by atoms with Gasteiger partial charge in [-0.3, -0.25) is 14.7 Å².